The van der Waals surface area contributed by atoms with Crippen LogP contribution in [-0.4, -0.2) is 54.9 Å². The first-order chi connectivity index (χ1) is 8.56. The zero-order valence-electron chi connectivity index (χ0n) is 11.5. The van der Waals surface area contributed by atoms with E-state index in [1.807, 2.05) is 12.3 Å². The lowest BCUT2D eigenvalue weighted by molar-refractivity contribution is 0.412. The zero-order chi connectivity index (χ0) is 13.5. The minimum absolute atomic E-state index is 0.510. The van der Waals surface area contributed by atoms with Crippen molar-refractivity contribution in [3.63, 3.8) is 0 Å². The van der Waals surface area contributed by atoms with Crippen LogP contribution in [0.2, 0.25) is 5.15 Å². The van der Waals surface area contributed by atoms with E-state index >= 15 is 0 Å². The van der Waals surface area contributed by atoms with Gasteiger partial charge in [0.1, 0.15) is 11.0 Å². The van der Waals surface area contributed by atoms with Crippen LogP contribution in [0.3, 0.4) is 0 Å². The lowest BCUT2D eigenvalue weighted by Gasteiger charge is -2.25. The highest BCUT2D eigenvalue weighted by Crippen LogP contribution is 2.20. The predicted octanol–water partition coefficient (Wildman–Crippen LogP) is 2.63. The van der Waals surface area contributed by atoms with Crippen molar-refractivity contribution < 1.29 is 0 Å². The molecule has 1 aromatic heterocycles. The summed E-state index contributed by atoms with van der Waals surface area (Å²) >= 11 is 7.55. The van der Waals surface area contributed by atoms with Crippen molar-refractivity contribution in [2.45, 2.75) is 18.5 Å². The van der Waals surface area contributed by atoms with Crippen molar-refractivity contribution in [3.05, 3.63) is 11.2 Å². The molecule has 6 heteroatoms. The van der Waals surface area contributed by atoms with E-state index in [9.17, 15) is 0 Å². The van der Waals surface area contributed by atoms with Gasteiger partial charge in [0.25, 0.3) is 0 Å². The van der Waals surface area contributed by atoms with Gasteiger partial charge in [0, 0.05) is 25.7 Å². The number of aromatic nitrogens is 2. The summed E-state index contributed by atoms with van der Waals surface area (Å²) in [5.74, 6) is 0.919. The molecule has 0 fully saturated rings. The van der Waals surface area contributed by atoms with E-state index in [2.05, 4.69) is 40.8 Å². The molecule has 0 aromatic carbocycles. The minimum Gasteiger partial charge on any atom is -0.355 e. The third kappa shape index (κ3) is 5.00. The standard InChI is InChI=1S/C12H21ClN4S/c1-5-6-17(8-7-16(2)3)11-9-10(13)14-12(15-11)18-4/h9H,5-8H2,1-4H3. The molecule has 4 nitrogen and oxygen atoms in total. The van der Waals surface area contributed by atoms with Crippen LogP contribution in [-0.2, 0) is 0 Å². The Bertz CT molecular complexity index is 373. The molecule has 0 aliphatic rings. The molecule has 18 heavy (non-hydrogen) atoms. The lowest BCUT2D eigenvalue weighted by Crippen LogP contribution is -2.33. The van der Waals surface area contributed by atoms with Crippen LogP contribution in [0, 0.1) is 0 Å². The van der Waals surface area contributed by atoms with Crippen LogP contribution in [0.5, 0.6) is 0 Å². The summed E-state index contributed by atoms with van der Waals surface area (Å²) in [5.41, 5.74) is 0. The maximum Gasteiger partial charge on any atom is 0.190 e. The minimum atomic E-state index is 0.510. The van der Waals surface area contributed by atoms with E-state index in [0.717, 1.165) is 37.0 Å². The van der Waals surface area contributed by atoms with Crippen LogP contribution < -0.4 is 4.90 Å². The van der Waals surface area contributed by atoms with Gasteiger partial charge >= 0.3 is 0 Å². The molecule has 1 aromatic rings. The molecule has 0 amide bonds. The molecule has 0 saturated heterocycles. The van der Waals surface area contributed by atoms with Crippen molar-refractivity contribution in [2.75, 3.05) is 44.9 Å². The number of rotatable bonds is 7. The second kappa shape index (κ2) is 7.81. The van der Waals surface area contributed by atoms with E-state index in [1.165, 1.54) is 11.8 Å². The molecule has 1 heterocycles. The highest BCUT2D eigenvalue weighted by atomic mass is 35.5. The normalized spacial score (nSPS) is 11.0. The van der Waals surface area contributed by atoms with Gasteiger partial charge in [-0.15, -0.1) is 0 Å². The Morgan fingerprint density at radius 2 is 1.94 bits per heavy atom. The number of hydrogen-bond donors (Lipinski definition) is 0. The Morgan fingerprint density at radius 1 is 1.22 bits per heavy atom. The smallest absolute Gasteiger partial charge is 0.190 e. The van der Waals surface area contributed by atoms with E-state index in [1.54, 1.807) is 0 Å². The van der Waals surface area contributed by atoms with Crippen LogP contribution >= 0.6 is 23.4 Å². The maximum absolute atomic E-state index is 6.03. The number of halogens is 1. The summed E-state index contributed by atoms with van der Waals surface area (Å²) < 4.78 is 0. The Kier molecular flexibility index (Phi) is 6.75. The average Bonchev–Trinajstić information content (AvgIpc) is 2.33. The summed E-state index contributed by atoms with van der Waals surface area (Å²) in [6, 6.07) is 1.84. The van der Waals surface area contributed by atoms with Gasteiger partial charge in [-0.05, 0) is 26.8 Å². The molecule has 0 bridgehead atoms. The van der Waals surface area contributed by atoms with Gasteiger partial charge in [0.15, 0.2) is 5.16 Å². The van der Waals surface area contributed by atoms with Crippen LogP contribution in [0.4, 0.5) is 5.82 Å². The molecule has 0 radical (unpaired) electrons. The molecule has 0 aliphatic carbocycles. The van der Waals surface area contributed by atoms with Gasteiger partial charge in [-0.3, -0.25) is 0 Å². The highest BCUT2D eigenvalue weighted by Gasteiger charge is 2.10. The summed E-state index contributed by atoms with van der Waals surface area (Å²) in [6.07, 6.45) is 3.04. The lowest BCUT2D eigenvalue weighted by atomic mass is 10.3. The molecule has 0 unspecified atom stereocenters. The first-order valence-electron chi connectivity index (χ1n) is 6.05. The second-order valence-corrected chi connectivity index (χ2v) is 5.49. The Balaban J connectivity index is 2.86. The van der Waals surface area contributed by atoms with Crippen molar-refractivity contribution in [2.24, 2.45) is 0 Å². The molecule has 1 rings (SSSR count). The SMILES string of the molecule is CCCN(CCN(C)C)c1cc(Cl)nc(SC)n1. The quantitative estimate of drug-likeness (QED) is 0.437. The second-order valence-electron chi connectivity index (χ2n) is 4.33. The molecule has 0 aliphatic heterocycles. The van der Waals surface area contributed by atoms with Crippen LogP contribution in [0.25, 0.3) is 0 Å². The van der Waals surface area contributed by atoms with Gasteiger partial charge in [-0.25, -0.2) is 9.97 Å². The monoisotopic (exact) mass is 288 g/mol. The topological polar surface area (TPSA) is 32.3 Å². The van der Waals surface area contributed by atoms with E-state index in [0.29, 0.717) is 5.15 Å². The summed E-state index contributed by atoms with van der Waals surface area (Å²) in [6.45, 7) is 5.09. The van der Waals surface area contributed by atoms with Gasteiger partial charge in [-0.2, -0.15) is 0 Å². The fourth-order valence-electron chi connectivity index (χ4n) is 1.57. The number of nitrogens with zero attached hydrogens (tertiary/aromatic N) is 4. The van der Waals surface area contributed by atoms with E-state index in [-0.39, 0.29) is 0 Å². The summed E-state index contributed by atoms with van der Waals surface area (Å²) in [4.78, 5) is 13.1. The Morgan fingerprint density at radius 3 is 2.50 bits per heavy atom. The Labute approximate surface area is 119 Å². The molecule has 102 valence electrons. The number of anilines is 1. The van der Waals surface area contributed by atoms with Crippen LogP contribution in [0.1, 0.15) is 13.3 Å². The van der Waals surface area contributed by atoms with Gasteiger partial charge < -0.3 is 9.80 Å². The first-order valence-corrected chi connectivity index (χ1v) is 7.65. The van der Waals surface area contributed by atoms with E-state index in [4.69, 9.17) is 11.6 Å². The fraction of sp³-hybridized carbons (Fsp3) is 0.667. The van der Waals surface area contributed by atoms with Crippen molar-refractivity contribution in [3.8, 4) is 0 Å². The molecular weight excluding hydrogens is 268 g/mol. The molecule has 0 N–H and O–H groups in total. The third-order valence-electron chi connectivity index (χ3n) is 2.48. The molecular formula is C12H21ClN4S. The third-order valence-corrected chi connectivity index (χ3v) is 3.22. The number of likely N-dealkylation sites (N-methyl/N-ethyl adjacent to an activating group) is 1. The van der Waals surface area contributed by atoms with E-state index < -0.39 is 0 Å². The van der Waals surface area contributed by atoms with Gasteiger partial charge in [-0.1, -0.05) is 30.3 Å². The zero-order valence-corrected chi connectivity index (χ0v) is 13.1. The molecule has 0 spiro atoms. The van der Waals surface area contributed by atoms with Crippen molar-refractivity contribution >= 4 is 29.2 Å². The Hall–Kier alpha value is -0.520. The number of thioether (sulfide) groups is 1. The molecule has 0 atom stereocenters. The maximum atomic E-state index is 6.03. The average molecular weight is 289 g/mol. The summed E-state index contributed by atoms with van der Waals surface area (Å²) in [5, 5.41) is 1.23. The molecule has 0 saturated carbocycles. The number of hydrogen-bond acceptors (Lipinski definition) is 5. The predicted molar refractivity (Wildman–Crippen MR) is 79.9 cm³/mol. The van der Waals surface area contributed by atoms with Crippen LogP contribution in [0.15, 0.2) is 11.2 Å². The van der Waals surface area contributed by atoms with Crippen molar-refractivity contribution in [1.82, 2.24) is 14.9 Å². The fourth-order valence-corrected chi connectivity index (χ4v) is 2.17. The first kappa shape index (κ1) is 15.5. The van der Waals surface area contributed by atoms with Gasteiger partial charge in [0.2, 0.25) is 0 Å². The van der Waals surface area contributed by atoms with Gasteiger partial charge in [0.05, 0.1) is 0 Å². The highest BCUT2D eigenvalue weighted by molar-refractivity contribution is 7.98. The van der Waals surface area contributed by atoms with Crippen molar-refractivity contribution in [1.29, 1.82) is 0 Å². The largest absolute Gasteiger partial charge is 0.355 e. The summed E-state index contributed by atoms with van der Waals surface area (Å²) in [7, 11) is 4.15.